The van der Waals surface area contributed by atoms with E-state index in [1.807, 2.05) is 13.8 Å². The van der Waals surface area contributed by atoms with Crippen molar-refractivity contribution in [2.75, 3.05) is 6.61 Å². The molecule has 0 atom stereocenters. The zero-order valence-corrected chi connectivity index (χ0v) is 9.08. The Morgan fingerprint density at radius 1 is 1.36 bits per heavy atom. The maximum absolute atomic E-state index is 9.60. The van der Waals surface area contributed by atoms with Crippen LogP contribution in [-0.4, -0.2) is 33.5 Å². The summed E-state index contributed by atoms with van der Waals surface area (Å²) in [7, 11) is 0. The molecule has 0 rings (SSSR count). The molecule has 0 aromatic carbocycles. The average molecular weight is 204 g/mol. The Morgan fingerprint density at radius 2 is 1.64 bits per heavy atom. The molecule has 0 bridgehead atoms. The number of hydrogen-bond acceptors (Lipinski definition) is 3. The van der Waals surface area contributed by atoms with Crippen LogP contribution in [0.3, 0.4) is 0 Å². The largest absolute Gasteiger partial charge is 0.478 e. The van der Waals surface area contributed by atoms with Crippen molar-refractivity contribution in [2.24, 2.45) is 0 Å². The monoisotopic (exact) mass is 204 g/mol. The van der Waals surface area contributed by atoms with E-state index in [0.717, 1.165) is 0 Å². The summed E-state index contributed by atoms with van der Waals surface area (Å²) in [5.74, 6) is -0.935. The average Bonchev–Trinajstić information content (AvgIpc) is 2.17. The third-order valence-corrected chi connectivity index (χ3v) is 1.98. The van der Waals surface area contributed by atoms with E-state index in [9.17, 15) is 9.90 Å². The Labute approximate surface area is 84.9 Å². The lowest BCUT2D eigenvalue weighted by Crippen LogP contribution is -2.30. The summed E-state index contributed by atoms with van der Waals surface area (Å²) in [6.07, 6.45) is 1.25. The predicted molar refractivity (Wildman–Crippen MR) is 55.1 cm³/mol. The molecule has 4 nitrogen and oxygen atoms in total. The first-order valence-electron chi connectivity index (χ1n) is 4.55. The molecule has 0 spiro atoms. The third kappa shape index (κ3) is 7.76. The van der Waals surface area contributed by atoms with Gasteiger partial charge in [0.1, 0.15) is 0 Å². The number of carbonyl (C=O) groups is 1. The number of hydrogen-bond donors (Lipinski definition) is 3. The lowest BCUT2D eigenvalue weighted by Gasteiger charge is -2.21. The van der Waals surface area contributed by atoms with Gasteiger partial charge in [0.2, 0.25) is 0 Å². The van der Waals surface area contributed by atoms with Gasteiger partial charge in [0.25, 0.3) is 0 Å². The smallest absolute Gasteiger partial charge is 0.330 e. The SMILES string of the molecule is C=C(C)C(=O)O.CCC(O)(CC)CO. The van der Waals surface area contributed by atoms with Crippen molar-refractivity contribution in [3.05, 3.63) is 12.2 Å². The van der Waals surface area contributed by atoms with Crippen LogP contribution < -0.4 is 0 Å². The molecule has 0 aromatic rings. The first kappa shape index (κ1) is 15.6. The van der Waals surface area contributed by atoms with Gasteiger partial charge in [0.15, 0.2) is 0 Å². The highest BCUT2D eigenvalue weighted by molar-refractivity contribution is 5.84. The van der Waals surface area contributed by atoms with E-state index in [-0.39, 0.29) is 12.2 Å². The molecule has 0 amide bonds. The maximum atomic E-state index is 9.60. The fraction of sp³-hybridized carbons (Fsp3) is 0.700. The molecule has 0 aliphatic rings. The lowest BCUT2D eigenvalue weighted by molar-refractivity contribution is -0.132. The topological polar surface area (TPSA) is 77.8 Å². The zero-order valence-electron chi connectivity index (χ0n) is 9.08. The molecule has 3 N–H and O–H groups in total. The Balaban J connectivity index is 0. The van der Waals surface area contributed by atoms with Crippen LogP contribution in [0.1, 0.15) is 33.6 Å². The highest BCUT2D eigenvalue weighted by Crippen LogP contribution is 2.11. The van der Waals surface area contributed by atoms with Gasteiger partial charge in [0.05, 0.1) is 12.2 Å². The van der Waals surface area contributed by atoms with Crippen LogP contribution in [0.4, 0.5) is 0 Å². The van der Waals surface area contributed by atoms with Gasteiger partial charge >= 0.3 is 5.97 Å². The van der Waals surface area contributed by atoms with Gasteiger partial charge in [-0.15, -0.1) is 0 Å². The van der Waals surface area contributed by atoms with Crippen molar-refractivity contribution < 1.29 is 20.1 Å². The highest BCUT2D eigenvalue weighted by Gasteiger charge is 2.19. The van der Waals surface area contributed by atoms with Gasteiger partial charge in [-0.05, 0) is 19.8 Å². The summed E-state index contributed by atoms with van der Waals surface area (Å²) in [6.45, 7) is 8.20. The first-order chi connectivity index (χ1) is 6.32. The Bertz CT molecular complexity index is 162. The molecule has 0 saturated heterocycles. The fourth-order valence-corrected chi connectivity index (χ4v) is 0.474. The van der Waals surface area contributed by atoms with E-state index in [0.29, 0.717) is 12.8 Å². The number of rotatable bonds is 4. The van der Waals surface area contributed by atoms with Crippen LogP contribution in [0.5, 0.6) is 0 Å². The molecule has 0 unspecified atom stereocenters. The van der Waals surface area contributed by atoms with E-state index < -0.39 is 11.6 Å². The molecule has 0 aromatic heterocycles. The quantitative estimate of drug-likeness (QED) is 0.601. The number of carboxylic acid groups (broad SMARTS) is 1. The Hall–Kier alpha value is -0.870. The van der Waals surface area contributed by atoms with Gasteiger partial charge in [-0.25, -0.2) is 4.79 Å². The second-order valence-corrected chi connectivity index (χ2v) is 3.18. The Kier molecular flexibility index (Phi) is 8.38. The lowest BCUT2D eigenvalue weighted by atomic mass is 9.99. The van der Waals surface area contributed by atoms with Crippen molar-refractivity contribution in [1.82, 2.24) is 0 Å². The number of carboxylic acids is 1. The van der Waals surface area contributed by atoms with Gasteiger partial charge in [-0.2, -0.15) is 0 Å². The first-order valence-corrected chi connectivity index (χ1v) is 4.55. The van der Waals surface area contributed by atoms with Crippen LogP contribution in [0.15, 0.2) is 12.2 Å². The van der Waals surface area contributed by atoms with Gasteiger partial charge in [0, 0.05) is 5.57 Å². The van der Waals surface area contributed by atoms with Crippen molar-refractivity contribution >= 4 is 5.97 Å². The highest BCUT2D eigenvalue weighted by atomic mass is 16.4. The van der Waals surface area contributed by atoms with Crippen molar-refractivity contribution in [3.63, 3.8) is 0 Å². The predicted octanol–water partition coefficient (Wildman–Crippen LogP) is 1.18. The van der Waals surface area contributed by atoms with Crippen LogP contribution in [0.25, 0.3) is 0 Å². The van der Waals surface area contributed by atoms with Crippen molar-refractivity contribution in [1.29, 1.82) is 0 Å². The maximum Gasteiger partial charge on any atom is 0.330 e. The van der Waals surface area contributed by atoms with Crippen LogP contribution in [0.2, 0.25) is 0 Å². The van der Waals surface area contributed by atoms with Crippen LogP contribution in [-0.2, 0) is 4.79 Å². The molecule has 4 heteroatoms. The zero-order chi connectivity index (χ0) is 11.8. The summed E-state index contributed by atoms with van der Waals surface area (Å²) in [5, 5.41) is 25.6. The van der Waals surface area contributed by atoms with Gasteiger partial charge in [-0.3, -0.25) is 0 Å². The van der Waals surface area contributed by atoms with Gasteiger partial charge in [-0.1, -0.05) is 20.4 Å². The Morgan fingerprint density at radius 3 is 1.64 bits per heavy atom. The summed E-state index contributed by atoms with van der Waals surface area (Å²) in [5.41, 5.74) is -0.644. The van der Waals surface area contributed by atoms with Crippen LogP contribution in [0, 0.1) is 0 Å². The molecule has 84 valence electrons. The second kappa shape index (κ2) is 7.53. The minimum atomic E-state index is -0.935. The summed E-state index contributed by atoms with van der Waals surface area (Å²) >= 11 is 0. The minimum Gasteiger partial charge on any atom is -0.478 e. The molecular weight excluding hydrogens is 184 g/mol. The standard InChI is InChI=1S/C6H14O2.C4H6O2/c1-3-6(8,4-2)5-7;1-3(2)4(5)6/h7-8H,3-5H2,1-2H3;1H2,2H3,(H,5,6). The number of aliphatic carboxylic acids is 1. The molecule has 0 aliphatic carbocycles. The van der Waals surface area contributed by atoms with E-state index in [1.54, 1.807) is 0 Å². The normalized spacial score (nSPS) is 10.1. The van der Waals surface area contributed by atoms with Crippen molar-refractivity contribution in [3.8, 4) is 0 Å². The van der Waals surface area contributed by atoms with Crippen LogP contribution >= 0.6 is 0 Å². The fourth-order valence-electron chi connectivity index (χ4n) is 0.474. The molecule has 14 heavy (non-hydrogen) atoms. The number of aliphatic hydroxyl groups is 2. The molecule has 0 fully saturated rings. The molecule has 0 radical (unpaired) electrons. The van der Waals surface area contributed by atoms with E-state index >= 15 is 0 Å². The second-order valence-electron chi connectivity index (χ2n) is 3.18. The summed E-state index contributed by atoms with van der Waals surface area (Å²) in [6, 6.07) is 0. The van der Waals surface area contributed by atoms with Crippen molar-refractivity contribution in [2.45, 2.75) is 39.2 Å². The minimum absolute atomic E-state index is 0.125. The molecule has 0 aliphatic heterocycles. The third-order valence-electron chi connectivity index (χ3n) is 1.98. The van der Waals surface area contributed by atoms with E-state index in [2.05, 4.69) is 6.58 Å². The van der Waals surface area contributed by atoms with E-state index in [1.165, 1.54) is 6.92 Å². The molecule has 0 heterocycles. The van der Waals surface area contributed by atoms with Gasteiger partial charge < -0.3 is 15.3 Å². The molecule has 0 saturated carbocycles. The molecular formula is C10H20O4. The summed E-state index contributed by atoms with van der Waals surface area (Å²) in [4.78, 5) is 9.60. The number of aliphatic hydroxyl groups excluding tert-OH is 1. The summed E-state index contributed by atoms with van der Waals surface area (Å²) < 4.78 is 0. The van der Waals surface area contributed by atoms with E-state index in [4.69, 9.17) is 10.2 Å².